The highest BCUT2D eigenvalue weighted by Gasteiger charge is 2.26. The van der Waals surface area contributed by atoms with Gasteiger partial charge in [0.05, 0.1) is 12.7 Å². The molecule has 0 bridgehead atoms. The number of amides is 2. The Morgan fingerprint density at radius 2 is 1.97 bits per heavy atom. The van der Waals surface area contributed by atoms with Crippen molar-refractivity contribution in [3.63, 3.8) is 0 Å². The second-order valence-electron chi connectivity index (χ2n) is 8.09. The summed E-state index contributed by atoms with van der Waals surface area (Å²) in [6, 6.07) is 3.60. The number of hydrogen-bond acceptors (Lipinski definition) is 7. The van der Waals surface area contributed by atoms with E-state index in [1.165, 1.54) is 22.3 Å². The fourth-order valence-electron chi connectivity index (χ4n) is 4.12. The first-order valence-corrected chi connectivity index (χ1v) is 12.3. The first-order valence-electron chi connectivity index (χ1n) is 11.5. The van der Waals surface area contributed by atoms with Gasteiger partial charge in [0, 0.05) is 31.2 Å². The summed E-state index contributed by atoms with van der Waals surface area (Å²) in [4.78, 5) is 26.9. The van der Waals surface area contributed by atoms with Crippen molar-refractivity contribution in [3.05, 3.63) is 39.8 Å². The molecule has 0 saturated heterocycles. The summed E-state index contributed by atoms with van der Waals surface area (Å²) in [7, 11) is 3.20. The maximum Gasteiger partial charge on any atom is 0.254 e. The van der Waals surface area contributed by atoms with E-state index in [0.717, 1.165) is 43.2 Å². The molecule has 2 aliphatic rings. The fraction of sp³-hybridized carbons (Fsp3) is 0.440. The van der Waals surface area contributed by atoms with Gasteiger partial charge in [-0.15, -0.1) is 11.3 Å². The zero-order valence-electron chi connectivity index (χ0n) is 19.5. The van der Waals surface area contributed by atoms with Gasteiger partial charge in [-0.05, 0) is 61.4 Å². The number of nitrogens with one attached hydrogen (secondary N) is 2. The lowest BCUT2D eigenvalue weighted by molar-refractivity contribution is -0.111. The van der Waals surface area contributed by atoms with Crippen molar-refractivity contribution >= 4 is 34.2 Å². The van der Waals surface area contributed by atoms with E-state index < -0.39 is 0 Å². The number of aryl methyl sites for hydroxylation is 1. The summed E-state index contributed by atoms with van der Waals surface area (Å²) >= 11 is 1.50. The van der Waals surface area contributed by atoms with Crippen molar-refractivity contribution in [3.8, 4) is 17.2 Å². The van der Waals surface area contributed by atoms with E-state index in [1.807, 2.05) is 6.07 Å². The Kier molecular flexibility index (Phi) is 8.08. The van der Waals surface area contributed by atoms with Crippen molar-refractivity contribution in [1.82, 2.24) is 5.32 Å². The molecule has 2 N–H and O–H groups in total. The van der Waals surface area contributed by atoms with Crippen LogP contribution in [0, 0.1) is 0 Å². The largest absolute Gasteiger partial charge is 0.493 e. The first kappa shape index (κ1) is 24.1. The van der Waals surface area contributed by atoms with Crippen molar-refractivity contribution < 1.29 is 28.5 Å². The van der Waals surface area contributed by atoms with Gasteiger partial charge in [-0.2, -0.15) is 0 Å². The molecule has 0 radical (unpaired) electrons. The molecule has 2 aromatic rings. The summed E-state index contributed by atoms with van der Waals surface area (Å²) in [5.41, 5.74) is 2.41. The van der Waals surface area contributed by atoms with Crippen LogP contribution in [0.2, 0.25) is 0 Å². The molecular weight excluding hydrogens is 456 g/mol. The van der Waals surface area contributed by atoms with Gasteiger partial charge in [-0.1, -0.05) is 0 Å². The summed E-state index contributed by atoms with van der Waals surface area (Å²) in [5.74, 6) is 1.26. The molecule has 34 heavy (non-hydrogen) atoms. The van der Waals surface area contributed by atoms with Gasteiger partial charge in [0.15, 0.2) is 11.5 Å². The van der Waals surface area contributed by atoms with Crippen LogP contribution in [-0.4, -0.2) is 52.4 Å². The van der Waals surface area contributed by atoms with Crippen LogP contribution in [0.15, 0.2) is 18.2 Å². The molecule has 4 rings (SSSR count). The van der Waals surface area contributed by atoms with Gasteiger partial charge in [-0.3, -0.25) is 9.59 Å². The minimum Gasteiger partial charge on any atom is -0.493 e. The monoisotopic (exact) mass is 486 g/mol. The molecule has 0 unspecified atom stereocenters. The van der Waals surface area contributed by atoms with Gasteiger partial charge in [0.1, 0.15) is 18.2 Å². The van der Waals surface area contributed by atoms with Gasteiger partial charge < -0.3 is 29.6 Å². The predicted molar refractivity (Wildman–Crippen MR) is 131 cm³/mol. The summed E-state index contributed by atoms with van der Waals surface area (Å²) < 4.78 is 21.7. The highest BCUT2D eigenvalue weighted by Crippen LogP contribution is 2.41. The van der Waals surface area contributed by atoms with Crippen molar-refractivity contribution in [2.24, 2.45) is 0 Å². The number of benzene rings is 1. The molecule has 1 aliphatic carbocycles. The van der Waals surface area contributed by atoms with Crippen LogP contribution in [0.1, 0.15) is 45.6 Å². The molecule has 1 aromatic carbocycles. The lowest BCUT2D eigenvalue weighted by atomic mass is 9.95. The summed E-state index contributed by atoms with van der Waals surface area (Å²) in [5, 5.41) is 6.50. The van der Waals surface area contributed by atoms with Gasteiger partial charge in [0.2, 0.25) is 11.7 Å². The lowest BCUT2D eigenvalue weighted by Crippen LogP contribution is -2.27. The Morgan fingerprint density at radius 1 is 1.15 bits per heavy atom. The number of carbonyl (C=O) groups is 2. The van der Waals surface area contributed by atoms with Crippen LogP contribution in [0.5, 0.6) is 17.2 Å². The number of rotatable bonds is 9. The van der Waals surface area contributed by atoms with E-state index in [9.17, 15) is 9.59 Å². The van der Waals surface area contributed by atoms with Gasteiger partial charge in [-0.25, -0.2) is 0 Å². The van der Waals surface area contributed by atoms with Gasteiger partial charge >= 0.3 is 0 Å². The number of thiophene rings is 1. The maximum absolute atomic E-state index is 13.0. The average molecular weight is 487 g/mol. The molecule has 2 heterocycles. The number of fused-ring (bicyclic) bond motifs is 2. The Bertz CT molecular complexity index is 1060. The SMILES string of the molecule is COCCCNC(=O)c1c(NC(=O)/C=C/c2cc(OC)c3c(c2)OCCO3)sc2c1CCCC2. The summed E-state index contributed by atoms with van der Waals surface area (Å²) in [6.45, 7) is 2.04. The van der Waals surface area contributed by atoms with E-state index >= 15 is 0 Å². The van der Waals surface area contributed by atoms with E-state index in [2.05, 4.69) is 10.6 Å². The Balaban J connectivity index is 1.50. The first-order chi connectivity index (χ1) is 16.6. The van der Waals surface area contributed by atoms with Crippen molar-refractivity contribution in [1.29, 1.82) is 0 Å². The van der Waals surface area contributed by atoms with Crippen LogP contribution < -0.4 is 24.8 Å². The third kappa shape index (κ3) is 5.53. The Hall–Kier alpha value is -3.04. The third-order valence-electron chi connectivity index (χ3n) is 5.72. The smallest absolute Gasteiger partial charge is 0.254 e. The van der Waals surface area contributed by atoms with Crippen molar-refractivity contribution in [2.45, 2.75) is 32.1 Å². The molecule has 1 aromatic heterocycles. The standard InChI is InChI=1S/C25H30N2O6S/c1-30-11-5-10-26-24(29)22-17-6-3-4-7-20(17)34-25(22)27-21(28)9-8-16-14-18(31-2)23-19(15-16)32-12-13-33-23/h8-9,14-15H,3-7,10-13H2,1-2H3,(H,26,29)(H,27,28)/b9-8+. The highest BCUT2D eigenvalue weighted by atomic mass is 32.1. The maximum atomic E-state index is 13.0. The molecule has 0 saturated carbocycles. The normalized spacial score (nSPS) is 14.5. The second-order valence-corrected chi connectivity index (χ2v) is 9.19. The number of ether oxygens (including phenoxy) is 4. The predicted octanol–water partition coefficient (Wildman–Crippen LogP) is 3.82. The number of hydrogen-bond donors (Lipinski definition) is 2. The van der Waals surface area contributed by atoms with Crippen LogP contribution in [0.4, 0.5) is 5.00 Å². The summed E-state index contributed by atoms with van der Waals surface area (Å²) in [6.07, 6.45) is 7.81. The fourth-order valence-corrected chi connectivity index (χ4v) is 5.41. The van der Waals surface area contributed by atoms with E-state index in [-0.39, 0.29) is 11.8 Å². The number of anilines is 1. The topological polar surface area (TPSA) is 95.1 Å². The van der Waals surface area contributed by atoms with Crippen LogP contribution in [0.25, 0.3) is 6.08 Å². The van der Waals surface area contributed by atoms with E-state index in [4.69, 9.17) is 18.9 Å². The van der Waals surface area contributed by atoms with Gasteiger partial charge in [0.25, 0.3) is 5.91 Å². The Morgan fingerprint density at radius 3 is 2.79 bits per heavy atom. The number of carbonyl (C=O) groups excluding carboxylic acids is 2. The molecule has 0 fully saturated rings. The zero-order chi connectivity index (χ0) is 23.9. The van der Waals surface area contributed by atoms with Crippen LogP contribution in [-0.2, 0) is 22.4 Å². The zero-order valence-corrected chi connectivity index (χ0v) is 20.3. The molecule has 0 spiro atoms. The molecular formula is C25H30N2O6S. The lowest BCUT2D eigenvalue weighted by Gasteiger charge is -2.20. The minimum atomic E-state index is -0.305. The second kappa shape index (κ2) is 11.4. The average Bonchev–Trinajstić information content (AvgIpc) is 3.22. The van der Waals surface area contributed by atoms with Crippen molar-refractivity contribution in [2.75, 3.05) is 45.9 Å². The molecule has 1 aliphatic heterocycles. The van der Waals surface area contributed by atoms with Crippen LogP contribution >= 0.6 is 11.3 Å². The highest BCUT2D eigenvalue weighted by molar-refractivity contribution is 7.17. The molecule has 8 nitrogen and oxygen atoms in total. The third-order valence-corrected chi connectivity index (χ3v) is 6.93. The van der Waals surface area contributed by atoms with Crippen LogP contribution in [0.3, 0.4) is 0 Å². The minimum absolute atomic E-state index is 0.147. The molecule has 182 valence electrons. The van der Waals surface area contributed by atoms with E-state index in [0.29, 0.717) is 54.2 Å². The Labute approximate surface area is 203 Å². The molecule has 0 atom stereocenters. The number of methoxy groups -OCH3 is 2. The quantitative estimate of drug-likeness (QED) is 0.413. The molecule has 9 heteroatoms. The molecule has 2 amide bonds. The van der Waals surface area contributed by atoms with E-state index in [1.54, 1.807) is 26.4 Å².